The summed E-state index contributed by atoms with van der Waals surface area (Å²) in [6.07, 6.45) is 3.99. The van der Waals surface area contributed by atoms with Crippen LogP contribution in [0.25, 0.3) is 0 Å². The molecule has 1 atom stereocenters. The zero-order valence-corrected chi connectivity index (χ0v) is 17.9. The molecule has 1 aromatic heterocycles. The first-order valence-corrected chi connectivity index (χ1v) is 10.5. The summed E-state index contributed by atoms with van der Waals surface area (Å²) in [5.74, 6) is 2.15. The second-order valence-electron chi connectivity index (χ2n) is 7.59. The highest BCUT2D eigenvalue weighted by atomic mass is 16.5. The second kappa shape index (κ2) is 12.6. The van der Waals surface area contributed by atoms with Crippen LogP contribution >= 0.6 is 0 Å². The predicted molar refractivity (Wildman–Crippen MR) is 114 cm³/mol. The quantitative estimate of drug-likeness (QED) is 0.471. The molecular weight excluding hydrogens is 354 g/mol. The van der Waals surface area contributed by atoms with Gasteiger partial charge in [0.15, 0.2) is 5.96 Å². The van der Waals surface area contributed by atoms with E-state index in [0.29, 0.717) is 31.0 Å². The number of nitrogens with zero attached hydrogens (tertiary/aromatic N) is 3. The average Bonchev–Trinajstić information content (AvgIpc) is 2.72. The van der Waals surface area contributed by atoms with Crippen LogP contribution < -0.4 is 15.4 Å². The molecule has 0 spiro atoms. The Labute approximate surface area is 169 Å². The van der Waals surface area contributed by atoms with E-state index in [9.17, 15) is 0 Å². The van der Waals surface area contributed by atoms with E-state index >= 15 is 0 Å². The third kappa shape index (κ3) is 8.02. The Morgan fingerprint density at radius 1 is 1.29 bits per heavy atom. The normalized spacial score (nSPS) is 16.8. The van der Waals surface area contributed by atoms with Crippen LogP contribution in [0.2, 0.25) is 0 Å². The van der Waals surface area contributed by atoms with Gasteiger partial charge in [-0.15, -0.1) is 0 Å². The number of hydrogen-bond donors (Lipinski definition) is 2. The van der Waals surface area contributed by atoms with Crippen molar-refractivity contribution in [3.8, 4) is 5.88 Å². The highest BCUT2D eigenvalue weighted by Crippen LogP contribution is 2.13. The van der Waals surface area contributed by atoms with E-state index in [-0.39, 0.29) is 0 Å². The Balaban J connectivity index is 1.81. The molecule has 1 fully saturated rings. The highest BCUT2D eigenvalue weighted by Gasteiger charge is 2.22. The third-order valence-corrected chi connectivity index (χ3v) is 4.75. The molecule has 1 saturated heterocycles. The zero-order chi connectivity index (χ0) is 20.2. The molecule has 1 unspecified atom stereocenters. The Kier molecular flexibility index (Phi) is 10.1. The lowest BCUT2D eigenvalue weighted by atomic mass is 10.0. The first kappa shape index (κ1) is 22.4. The molecule has 2 heterocycles. The van der Waals surface area contributed by atoms with Crippen LogP contribution in [0.5, 0.6) is 5.88 Å². The maximum absolute atomic E-state index is 5.53. The van der Waals surface area contributed by atoms with Gasteiger partial charge in [-0.3, -0.25) is 9.89 Å². The van der Waals surface area contributed by atoms with Crippen molar-refractivity contribution in [2.75, 3.05) is 46.5 Å². The molecule has 0 bridgehead atoms. The fourth-order valence-corrected chi connectivity index (χ4v) is 3.28. The average molecular weight is 392 g/mol. The summed E-state index contributed by atoms with van der Waals surface area (Å²) in [4.78, 5) is 11.2. The first-order valence-electron chi connectivity index (χ1n) is 10.5. The molecule has 1 aromatic rings. The number of morpholine rings is 1. The van der Waals surface area contributed by atoms with E-state index in [4.69, 9.17) is 9.47 Å². The van der Waals surface area contributed by atoms with Gasteiger partial charge in [-0.25, -0.2) is 4.98 Å². The summed E-state index contributed by atoms with van der Waals surface area (Å²) in [7, 11) is 1.81. The van der Waals surface area contributed by atoms with Gasteiger partial charge < -0.3 is 20.1 Å². The molecule has 1 aliphatic rings. The maximum Gasteiger partial charge on any atom is 0.213 e. The molecule has 2 rings (SSSR count). The van der Waals surface area contributed by atoms with Gasteiger partial charge in [-0.05, 0) is 24.3 Å². The lowest BCUT2D eigenvalue weighted by Gasteiger charge is -2.35. The van der Waals surface area contributed by atoms with Gasteiger partial charge in [-0.2, -0.15) is 0 Å². The standard InChI is InChI=1S/C21H37N5O2/c1-5-10-28-20-7-6-18(14-23-20)15-24-21(22-4)25-16-19(13-17(2)3)26-8-11-27-12-9-26/h6-7,14,17,19H,5,8-13,15-16H2,1-4H3,(H2,22,24,25). The van der Waals surface area contributed by atoms with Crippen LogP contribution in [0.3, 0.4) is 0 Å². The van der Waals surface area contributed by atoms with Gasteiger partial charge in [0.1, 0.15) is 0 Å². The number of aromatic nitrogens is 1. The molecule has 1 aliphatic heterocycles. The molecule has 28 heavy (non-hydrogen) atoms. The molecular formula is C21H37N5O2. The molecule has 7 nitrogen and oxygen atoms in total. The minimum absolute atomic E-state index is 0.485. The fourth-order valence-electron chi connectivity index (χ4n) is 3.28. The van der Waals surface area contributed by atoms with Gasteiger partial charge in [0.05, 0.1) is 19.8 Å². The topological polar surface area (TPSA) is 71.0 Å². The van der Waals surface area contributed by atoms with Gasteiger partial charge in [0.25, 0.3) is 0 Å². The predicted octanol–water partition coefficient (Wildman–Crippen LogP) is 2.28. The highest BCUT2D eigenvalue weighted by molar-refractivity contribution is 5.79. The number of pyridine rings is 1. The van der Waals surface area contributed by atoms with Crippen molar-refractivity contribution in [3.63, 3.8) is 0 Å². The molecule has 2 N–H and O–H groups in total. The third-order valence-electron chi connectivity index (χ3n) is 4.75. The molecule has 0 radical (unpaired) electrons. The van der Waals surface area contributed by atoms with Crippen molar-refractivity contribution < 1.29 is 9.47 Å². The smallest absolute Gasteiger partial charge is 0.213 e. The summed E-state index contributed by atoms with van der Waals surface area (Å²) in [6.45, 7) is 12.5. The summed E-state index contributed by atoms with van der Waals surface area (Å²) >= 11 is 0. The summed E-state index contributed by atoms with van der Waals surface area (Å²) in [5, 5.41) is 6.87. The zero-order valence-electron chi connectivity index (χ0n) is 17.9. The van der Waals surface area contributed by atoms with Crippen LogP contribution in [0, 0.1) is 5.92 Å². The van der Waals surface area contributed by atoms with Crippen LogP contribution in [-0.4, -0.2) is 68.4 Å². The summed E-state index contributed by atoms with van der Waals surface area (Å²) < 4.78 is 11.0. The van der Waals surface area contributed by atoms with E-state index in [1.54, 1.807) is 0 Å². The Morgan fingerprint density at radius 3 is 2.68 bits per heavy atom. The minimum Gasteiger partial charge on any atom is -0.478 e. The summed E-state index contributed by atoms with van der Waals surface area (Å²) in [5.41, 5.74) is 1.10. The van der Waals surface area contributed by atoms with Gasteiger partial charge in [0, 0.05) is 51.5 Å². The largest absolute Gasteiger partial charge is 0.478 e. The van der Waals surface area contributed by atoms with Gasteiger partial charge in [0.2, 0.25) is 5.88 Å². The van der Waals surface area contributed by atoms with E-state index in [1.807, 2.05) is 25.4 Å². The number of hydrogen-bond acceptors (Lipinski definition) is 5. The second-order valence-corrected chi connectivity index (χ2v) is 7.59. The van der Waals surface area contributed by atoms with E-state index in [2.05, 4.69) is 46.3 Å². The van der Waals surface area contributed by atoms with Crippen LogP contribution in [0.1, 0.15) is 39.2 Å². The van der Waals surface area contributed by atoms with Gasteiger partial charge >= 0.3 is 0 Å². The minimum atomic E-state index is 0.485. The molecule has 0 saturated carbocycles. The van der Waals surface area contributed by atoms with E-state index in [1.165, 1.54) is 0 Å². The van der Waals surface area contributed by atoms with Crippen molar-refractivity contribution in [1.82, 2.24) is 20.5 Å². The van der Waals surface area contributed by atoms with Crippen molar-refractivity contribution in [3.05, 3.63) is 23.9 Å². The van der Waals surface area contributed by atoms with Crippen LogP contribution in [0.15, 0.2) is 23.3 Å². The number of rotatable bonds is 10. The van der Waals surface area contributed by atoms with Crippen molar-refractivity contribution in [1.29, 1.82) is 0 Å². The Morgan fingerprint density at radius 2 is 2.07 bits per heavy atom. The van der Waals surface area contributed by atoms with E-state index in [0.717, 1.165) is 57.2 Å². The molecule has 0 aliphatic carbocycles. The monoisotopic (exact) mass is 391 g/mol. The number of guanidine groups is 1. The molecule has 7 heteroatoms. The Bertz CT molecular complexity index is 571. The first-order chi connectivity index (χ1) is 13.6. The fraction of sp³-hybridized carbons (Fsp3) is 0.714. The van der Waals surface area contributed by atoms with E-state index < -0.39 is 0 Å². The number of aliphatic imine (C=N–C) groups is 1. The molecule has 0 amide bonds. The van der Waals surface area contributed by atoms with Crippen molar-refractivity contribution >= 4 is 5.96 Å². The lowest BCUT2D eigenvalue weighted by molar-refractivity contribution is 0.0132. The van der Waals surface area contributed by atoms with Crippen molar-refractivity contribution in [2.24, 2.45) is 10.9 Å². The van der Waals surface area contributed by atoms with Crippen LogP contribution in [0.4, 0.5) is 0 Å². The number of nitrogens with one attached hydrogen (secondary N) is 2. The molecule has 158 valence electrons. The maximum atomic E-state index is 5.53. The molecule has 0 aromatic carbocycles. The van der Waals surface area contributed by atoms with Crippen LogP contribution in [-0.2, 0) is 11.3 Å². The SMILES string of the molecule is CCCOc1ccc(CNC(=NC)NCC(CC(C)C)N2CCOCC2)cn1. The number of ether oxygens (including phenoxy) is 2. The lowest BCUT2D eigenvalue weighted by Crippen LogP contribution is -2.50. The summed E-state index contributed by atoms with van der Waals surface area (Å²) in [6, 6.07) is 4.44. The van der Waals surface area contributed by atoms with Crippen molar-refractivity contribution in [2.45, 2.75) is 46.2 Å². The Hall–Kier alpha value is -1.86. The van der Waals surface area contributed by atoms with Gasteiger partial charge in [-0.1, -0.05) is 26.8 Å².